The van der Waals surface area contributed by atoms with Crippen LogP contribution in [0.15, 0.2) is 54.6 Å². The molecule has 0 aliphatic carbocycles. The predicted molar refractivity (Wildman–Crippen MR) is 141 cm³/mol. The number of rotatable bonds is 7. The molecule has 1 amide bonds. The van der Waals surface area contributed by atoms with Crippen molar-refractivity contribution in [2.24, 2.45) is 0 Å². The second-order valence-corrected chi connectivity index (χ2v) is 9.21. The first-order valence-electron chi connectivity index (χ1n) is 12.4. The van der Waals surface area contributed by atoms with E-state index in [1.807, 2.05) is 30.3 Å². The molecule has 0 unspecified atom stereocenters. The van der Waals surface area contributed by atoms with Gasteiger partial charge in [0.05, 0.1) is 34.4 Å². The van der Waals surface area contributed by atoms with Gasteiger partial charge in [-0.3, -0.25) is 4.79 Å². The number of piperidine rings is 1. The van der Waals surface area contributed by atoms with Crippen LogP contribution in [-0.2, 0) is 22.6 Å². The van der Waals surface area contributed by atoms with E-state index in [0.29, 0.717) is 29.5 Å². The molecule has 2 aliphatic rings. The Kier molecular flexibility index (Phi) is 7.21. The zero-order valence-corrected chi connectivity index (χ0v) is 21.4. The van der Waals surface area contributed by atoms with Gasteiger partial charge in [0.15, 0.2) is 11.5 Å². The number of hydrogen-bond acceptors (Lipinski definition) is 7. The van der Waals surface area contributed by atoms with Crippen molar-refractivity contribution in [3.8, 4) is 34.1 Å². The van der Waals surface area contributed by atoms with Gasteiger partial charge in [0.25, 0.3) is 0 Å². The second-order valence-electron chi connectivity index (χ2n) is 9.21. The van der Waals surface area contributed by atoms with Crippen LogP contribution in [0.2, 0.25) is 0 Å². The van der Waals surface area contributed by atoms with Crippen molar-refractivity contribution >= 4 is 11.6 Å². The molecule has 2 heterocycles. The Hall–Kier alpha value is -3.75. The summed E-state index contributed by atoms with van der Waals surface area (Å²) in [6.45, 7) is 2.31. The van der Waals surface area contributed by atoms with Crippen LogP contribution in [0.3, 0.4) is 0 Å². The van der Waals surface area contributed by atoms with Gasteiger partial charge in [0, 0.05) is 37.2 Å². The average Bonchev–Trinajstić information content (AvgIpc) is 2.92. The van der Waals surface area contributed by atoms with Crippen molar-refractivity contribution in [1.82, 2.24) is 5.32 Å². The fourth-order valence-electron chi connectivity index (χ4n) is 4.87. The van der Waals surface area contributed by atoms with Gasteiger partial charge in [-0.05, 0) is 53.1 Å². The van der Waals surface area contributed by atoms with Crippen molar-refractivity contribution in [2.45, 2.75) is 31.7 Å². The van der Waals surface area contributed by atoms with E-state index in [4.69, 9.17) is 23.7 Å². The van der Waals surface area contributed by atoms with E-state index in [-0.39, 0.29) is 12.3 Å². The Morgan fingerprint density at radius 2 is 1.68 bits per heavy atom. The van der Waals surface area contributed by atoms with E-state index < -0.39 is 5.79 Å². The minimum absolute atomic E-state index is 0.147. The normalized spacial score (nSPS) is 15.9. The predicted octanol–water partition coefficient (Wildman–Crippen LogP) is 4.55. The maximum absolute atomic E-state index is 12.9. The molecule has 1 spiro atoms. The van der Waals surface area contributed by atoms with Crippen molar-refractivity contribution in [3.05, 3.63) is 65.7 Å². The molecule has 3 aromatic rings. The second kappa shape index (κ2) is 10.7. The molecular formula is C29H32N2O6. The first-order chi connectivity index (χ1) is 18.0. The fourth-order valence-corrected chi connectivity index (χ4v) is 4.87. The Morgan fingerprint density at radius 1 is 0.946 bits per heavy atom. The van der Waals surface area contributed by atoms with E-state index in [0.717, 1.165) is 53.9 Å². The van der Waals surface area contributed by atoms with E-state index in [2.05, 4.69) is 22.8 Å². The number of benzene rings is 3. The van der Waals surface area contributed by atoms with E-state index >= 15 is 0 Å². The smallest absolute Gasteiger partial charge is 0.228 e. The zero-order chi connectivity index (χ0) is 25.8. The maximum Gasteiger partial charge on any atom is 0.228 e. The highest BCUT2D eigenvalue weighted by atomic mass is 16.7. The van der Waals surface area contributed by atoms with Crippen LogP contribution in [0.25, 0.3) is 11.1 Å². The average molecular weight is 505 g/mol. The van der Waals surface area contributed by atoms with Crippen molar-refractivity contribution in [2.75, 3.05) is 39.7 Å². The molecule has 2 aliphatic heterocycles. The molecule has 194 valence electrons. The van der Waals surface area contributed by atoms with Crippen LogP contribution in [0.4, 0.5) is 5.69 Å². The molecule has 0 aromatic heterocycles. The van der Waals surface area contributed by atoms with Gasteiger partial charge in [-0.25, -0.2) is 0 Å². The lowest BCUT2D eigenvalue weighted by Crippen LogP contribution is -2.49. The number of methoxy groups -OCH3 is 3. The van der Waals surface area contributed by atoms with Gasteiger partial charge >= 0.3 is 0 Å². The topological polar surface area (TPSA) is 87.3 Å². The Labute approximate surface area is 216 Å². The largest absolute Gasteiger partial charge is 0.493 e. The highest BCUT2D eigenvalue weighted by molar-refractivity contribution is 5.93. The van der Waals surface area contributed by atoms with Gasteiger partial charge in [-0.1, -0.05) is 18.2 Å². The van der Waals surface area contributed by atoms with Crippen molar-refractivity contribution < 1.29 is 28.5 Å². The third-order valence-corrected chi connectivity index (χ3v) is 6.78. The van der Waals surface area contributed by atoms with Gasteiger partial charge in [0.1, 0.15) is 5.75 Å². The lowest BCUT2D eigenvalue weighted by atomic mass is 9.99. The molecule has 37 heavy (non-hydrogen) atoms. The monoisotopic (exact) mass is 504 g/mol. The highest BCUT2D eigenvalue weighted by Crippen LogP contribution is 2.39. The summed E-state index contributed by atoms with van der Waals surface area (Å²) in [5, 5.41) is 6.35. The third-order valence-electron chi connectivity index (χ3n) is 6.78. The van der Waals surface area contributed by atoms with Crippen LogP contribution in [0, 0.1) is 0 Å². The summed E-state index contributed by atoms with van der Waals surface area (Å²) in [4.78, 5) is 12.9. The third kappa shape index (κ3) is 5.35. The maximum atomic E-state index is 12.9. The van der Waals surface area contributed by atoms with Crippen LogP contribution >= 0.6 is 0 Å². The fraction of sp³-hybridized carbons (Fsp3) is 0.345. The molecular weight excluding hydrogens is 472 g/mol. The summed E-state index contributed by atoms with van der Waals surface area (Å²) in [7, 11) is 4.65. The van der Waals surface area contributed by atoms with Crippen LogP contribution in [0.1, 0.15) is 24.0 Å². The van der Waals surface area contributed by atoms with Gasteiger partial charge in [-0.15, -0.1) is 0 Å². The van der Waals surface area contributed by atoms with Gasteiger partial charge < -0.3 is 34.3 Å². The molecule has 0 saturated carbocycles. The van der Waals surface area contributed by atoms with Crippen LogP contribution in [0.5, 0.6) is 23.0 Å². The Morgan fingerprint density at radius 3 is 2.38 bits per heavy atom. The molecule has 8 nitrogen and oxygen atoms in total. The number of ether oxygens (including phenoxy) is 5. The number of anilines is 1. The van der Waals surface area contributed by atoms with Crippen molar-refractivity contribution in [3.63, 3.8) is 0 Å². The van der Waals surface area contributed by atoms with Crippen molar-refractivity contribution in [1.29, 1.82) is 0 Å². The zero-order valence-electron chi connectivity index (χ0n) is 21.4. The number of carbonyl (C=O) groups is 1. The molecule has 2 N–H and O–H groups in total. The lowest BCUT2D eigenvalue weighted by molar-refractivity contribution is -0.218. The molecule has 5 rings (SSSR count). The summed E-state index contributed by atoms with van der Waals surface area (Å²) in [6, 6.07) is 17.5. The quantitative estimate of drug-likeness (QED) is 0.488. The van der Waals surface area contributed by atoms with E-state index in [9.17, 15) is 4.79 Å². The van der Waals surface area contributed by atoms with E-state index in [1.165, 1.54) is 0 Å². The number of nitrogens with one attached hydrogen (secondary N) is 2. The number of hydrogen-bond donors (Lipinski definition) is 2. The summed E-state index contributed by atoms with van der Waals surface area (Å²) in [5.74, 6) is 1.74. The van der Waals surface area contributed by atoms with Crippen LogP contribution < -0.4 is 29.6 Å². The van der Waals surface area contributed by atoms with Gasteiger partial charge in [0.2, 0.25) is 17.4 Å². The SMILES string of the molecule is COc1cc(CC(=O)Nc2cccc(-c3ccc4c(c3)COC3(CCNCC3)O4)c2)cc(OC)c1OC. The minimum Gasteiger partial charge on any atom is -0.493 e. The Balaban J connectivity index is 1.29. The minimum atomic E-state index is -0.512. The highest BCUT2D eigenvalue weighted by Gasteiger charge is 2.38. The molecule has 1 fully saturated rings. The summed E-state index contributed by atoms with van der Waals surface area (Å²) in [5.41, 5.74) is 4.53. The molecule has 3 aromatic carbocycles. The number of fused-ring (bicyclic) bond motifs is 1. The molecule has 0 atom stereocenters. The van der Waals surface area contributed by atoms with E-state index in [1.54, 1.807) is 33.5 Å². The van der Waals surface area contributed by atoms with Crippen LogP contribution in [-0.4, -0.2) is 46.1 Å². The standard InChI is InChI=1S/C29H32N2O6/c1-33-25-13-19(14-26(34-2)28(25)35-3)15-27(32)31-23-6-4-5-20(17-23)21-7-8-24-22(16-21)18-36-29(37-24)9-11-30-12-10-29/h4-8,13-14,16-17,30H,9-12,15,18H2,1-3H3,(H,31,32). The first-order valence-corrected chi connectivity index (χ1v) is 12.4. The summed E-state index contributed by atoms with van der Waals surface area (Å²) in [6.07, 6.45) is 1.84. The lowest BCUT2D eigenvalue weighted by Gasteiger charge is -2.41. The summed E-state index contributed by atoms with van der Waals surface area (Å²) < 4.78 is 28.6. The molecule has 0 radical (unpaired) electrons. The number of carbonyl (C=O) groups excluding carboxylic acids is 1. The van der Waals surface area contributed by atoms with Gasteiger partial charge in [-0.2, -0.15) is 0 Å². The Bertz CT molecular complexity index is 1260. The summed E-state index contributed by atoms with van der Waals surface area (Å²) >= 11 is 0. The molecule has 8 heteroatoms. The molecule has 1 saturated heterocycles. The number of amides is 1. The molecule has 0 bridgehead atoms. The first kappa shape index (κ1) is 24.9.